The Kier molecular flexibility index (Phi) is 4.29. The second-order valence-corrected chi connectivity index (χ2v) is 12.6. The van der Waals surface area contributed by atoms with Gasteiger partial charge in [0.1, 0.15) is 0 Å². The minimum atomic E-state index is -3.06. The highest BCUT2D eigenvalue weighted by Gasteiger charge is 2.64. The number of fused-ring (bicyclic) bond motifs is 7. The first-order valence-electron chi connectivity index (χ1n) is 12.1. The van der Waals surface area contributed by atoms with Crippen LogP contribution in [0, 0.1) is 0 Å². The number of rotatable bonds is 2. The Bertz CT molecular complexity index is 1590. The highest BCUT2D eigenvalue weighted by Crippen LogP contribution is 2.76. The van der Waals surface area contributed by atoms with Crippen molar-refractivity contribution < 1.29 is 4.57 Å². The minimum absolute atomic E-state index is 0.0481. The van der Waals surface area contributed by atoms with E-state index < -0.39 is 12.3 Å². The van der Waals surface area contributed by atoms with Gasteiger partial charge in [0.05, 0.1) is 5.16 Å². The van der Waals surface area contributed by atoms with Crippen molar-refractivity contribution in [1.29, 1.82) is 0 Å². The van der Waals surface area contributed by atoms with Gasteiger partial charge < -0.3 is 4.57 Å². The third-order valence-corrected chi connectivity index (χ3v) is 12.1. The van der Waals surface area contributed by atoms with Crippen LogP contribution in [0.1, 0.15) is 34.6 Å². The lowest BCUT2D eigenvalue weighted by Crippen LogP contribution is -2.38. The SMILES string of the molecule is O=[P@@]1(c2ccccc2)c2ccc3ccccc3c2[C@@H]2c3ccccc3CC[C@@]21c1ccccc1. The minimum Gasteiger partial charge on any atom is -0.313 e. The van der Waals surface area contributed by atoms with E-state index in [1.54, 1.807) is 0 Å². The second-order valence-electron chi connectivity index (χ2n) is 9.59. The van der Waals surface area contributed by atoms with Gasteiger partial charge in [-0.2, -0.15) is 0 Å². The molecule has 1 aliphatic carbocycles. The largest absolute Gasteiger partial charge is 0.313 e. The van der Waals surface area contributed by atoms with Gasteiger partial charge in [0, 0.05) is 16.5 Å². The van der Waals surface area contributed by atoms with Crippen LogP contribution in [-0.4, -0.2) is 0 Å². The molecule has 0 saturated carbocycles. The maximum Gasteiger partial charge on any atom is 0.154 e. The zero-order chi connectivity index (χ0) is 22.8. The molecule has 0 unspecified atom stereocenters. The van der Waals surface area contributed by atoms with Crippen LogP contribution in [0.3, 0.4) is 0 Å². The van der Waals surface area contributed by atoms with Crippen molar-refractivity contribution in [2.24, 2.45) is 0 Å². The lowest BCUT2D eigenvalue weighted by molar-refractivity contribution is 0.451. The molecular weight excluding hydrogens is 431 g/mol. The summed E-state index contributed by atoms with van der Waals surface area (Å²) in [7, 11) is -3.06. The molecule has 34 heavy (non-hydrogen) atoms. The van der Waals surface area contributed by atoms with Crippen molar-refractivity contribution in [2.45, 2.75) is 23.9 Å². The topological polar surface area (TPSA) is 17.1 Å². The van der Waals surface area contributed by atoms with Crippen molar-refractivity contribution in [3.8, 4) is 0 Å². The number of benzene rings is 5. The van der Waals surface area contributed by atoms with E-state index in [0.29, 0.717) is 0 Å². The summed E-state index contributed by atoms with van der Waals surface area (Å²) in [6.45, 7) is 0. The average Bonchev–Trinajstić information content (AvgIpc) is 3.17. The predicted molar refractivity (Wildman–Crippen MR) is 142 cm³/mol. The van der Waals surface area contributed by atoms with E-state index in [4.69, 9.17) is 0 Å². The van der Waals surface area contributed by atoms with Gasteiger partial charge in [0.15, 0.2) is 7.14 Å². The fourth-order valence-electron chi connectivity index (χ4n) is 6.81. The molecule has 0 spiro atoms. The van der Waals surface area contributed by atoms with E-state index in [0.717, 1.165) is 23.5 Å². The molecule has 0 N–H and O–H groups in total. The Morgan fingerprint density at radius 3 is 2.18 bits per heavy atom. The first-order chi connectivity index (χ1) is 16.7. The van der Waals surface area contributed by atoms with Crippen molar-refractivity contribution in [3.05, 3.63) is 144 Å². The van der Waals surface area contributed by atoms with Crippen molar-refractivity contribution in [2.75, 3.05) is 0 Å². The standard InChI is InChI=1S/C32H25OP/c33-34(26-15-5-2-6-16-26)29-20-19-23-11-7-9-17-27(23)30(29)31-28-18-10-8-12-24(28)21-22-32(31,34)25-13-3-1-4-14-25/h1-20,31H,21-22H2/t31-,32+,34-/m0/s1. The molecule has 3 atom stereocenters. The predicted octanol–water partition coefficient (Wildman–Crippen LogP) is 7.14. The molecule has 0 amide bonds. The molecule has 2 aliphatic rings. The maximum atomic E-state index is 16.0. The summed E-state index contributed by atoms with van der Waals surface area (Å²) in [5.74, 6) is 0.0481. The molecule has 5 aromatic rings. The molecule has 7 rings (SSSR count). The Morgan fingerprint density at radius 2 is 1.35 bits per heavy atom. The number of hydrogen-bond donors (Lipinski definition) is 0. The number of aryl methyl sites for hydroxylation is 1. The van der Waals surface area contributed by atoms with E-state index in [-0.39, 0.29) is 5.92 Å². The Morgan fingerprint density at radius 1 is 0.676 bits per heavy atom. The third-order valence-electron chi connectivity index (χ3n) is 8.15. The number of hydrogen-bond acceptors (Lipinski definition) is 1. The molecular formula is C32H25OP. The van der Waals surface area contributed by atoms with E-state index in [2.05, 4.69) is 103 Å². The van der Waals surface area contributed by atoms with Crippen LogP contribution in [0.15, 0.2) is 121 Å². The van der Waals surface area contributed by atoms with Gasteiger partial charge in [0.2, 0.25) is 0 Å². The molecule has 0 bridgehead atoms. The van der Waals surface area contributed by atoms with E-state index in [1.807, 2.05) is 18.2 Å². The van der Waals surface area contributed by atoms with Gasteiger partial charge in [-0.05, 0) is 45.9 Å². The Labute approximate surface area is 200 Å². The molecule has 0 saturated heterocycles. The summed E-state index contributed by atoms with van der Waals surface area (Å²) < 4.78 is 16.0. The molecule has 0 fully saturated rings. The summed E-state index contributed by atoms with van der Waals surface area (Å²) in [5, 5.41) is 3.96. The van der Waals surface area contributed by atoms with Gasteiger partial charge in [-0.15, -0.1) is 0 Å². The van der Waals surface area contributed by atoms with E-state index >= 15 is 4.57 Å². The normalized spacial score (nSPS) is 24.9. The van der Waals surface area contributed by atoms with Crippen LogP contribution in [-0.2, 0) is 16.1 Å². The van der Waals surface area contributed by atoms with Crippen LogP contribution in [0.25, 0.3) is 10.8 Å². The monoisotopic (exact) mass is 456 g/mol. The second kappa shape index (κ2) is 7.29. The smallest absolute Gasteiger partial charge is 0.154 e. The van der Waals surface area contributed by atoms with Crippen LogP contribution >= 0.6 is 7.14 Å². The fraction of sp³-hybridized carbons (Fsp3) is 0.125. The van der Waals surface area contributed by atoms with Crippen LogP contribution in [0.4, 0.5) is 0 Å². The third kappa shape index (κ3) is 2.43. The van der Waals surface area contributed by atoms with E-state index in [9.17, 15) is 0 Å². The lowest BCUT2D eigenvalue weighted by Gasteiger charge is -2.45. The Balaban J connectivity index is 1.70. The molecule has 5 aromatic carbocycles. The van der Waals surface area contributed by atoms with Crippen molar-refractivity contribution in [1.82, 2.24) is 0 Å². The van der Waals surface area contributed by atoms with Gasteiger partial charge in [-0.1, -0.05) is 121 Å². The van der Waals surface area contributed by atoms with Crippen LogP contribution < -0.4 is 10.6 Å². The van der Waals surface area contributed by atoms with E-state index in [1.165, 1.54) is 33.0 Å². The maximum absolute atomic E-state index is 16.0. The van der Waals surface area contributed by atoms with Gasteiger partial charge in [0.25, 0.3) is 0 Å². The molecule has 1 heterocycles. The van der Waals surface area contributed by atoms with Crippen LogP contribution in [0.2, 0.25) is 0 Å². The summed E-state index contributed by atoms with van der Waals surface area (Å²) >= 11 is 0. The zero-order valence-electron chi connectivity index (χ0n) is 18.9. The summed E-state index contributed by atoms with van der Waals surface area (Å²) in [6, 6.07) is 42.8. The van der Waals surface area contributed by atoms with Crippen LogP contribution in [0.5, 0.6) is 0 Å². The molecule has 1 aliphatic heterocycles. The molecule has 2 heteroatoms. The highest BCUT2D eigenvalue weighted by atomic mass is 31.2. The quantitative estimate of drug-likeness (QED) is 0.258. The van der Waals surface area contributed by atoms with Gasteiger partial charge >= 0.3 is 0 Å². The molecule has 164 valence electrons. The van der Waals surface area contributed by atoms with Crippen molar-refractivity contribution >= 4 is 28.5 Å². The zero-order valence-corrected chi connectivity index (χ0v) is 19.8. The molecule has 0 aromatic heterocycles. The first-order valence-corrected chi connectivity index (χ1v) is 13.8. The summed E-state index contributed by atoms with van der Waals surface area (Å²) in [4.78, 5) is 0. The Hall–Kier alpha value is -3.41. The highest BCUT2D eigenvalue weighted by molar-refractivity contribution is 7.80. The summed E-state index contributed by atoms with van der Waals surface area (Å²) in [5.41, 5.74) is 5.19. The fourth-order valence-corrected chi connectivity index (χ4v) is 11.0. The van der Waals surface area contributed by atoms with Gasteiger partial charge in [-0.25, -0.2) is 0 Å². The lowest BCUT2D eigenvalue weighted by atomic mass is 9.68. The average molecular weight is 457 g/mol. The first kappa shape index (κ1) is 20.0. The molecule has 0 radical (unpaired) electrons. The van der Waals surface area contributed by atoms with Crippen molar-refractivity contribution in [3.63, 3.8) is 0 Å². The van der Waals surface area contributed by atoms with Gasteiger partial charge in [-0.3, -0.25) is 0 Å². The summed E-state index contributed by atoms with van der Waals surface area (Å²) in [6.07, 6.45) is 1.80. The molecule has 1 nitrogen and oxygen atoms in total.